The predicted molar refractivity (Wildman–Crippen MR) is 355 cm³/mol. The molecule has 504 valence electrons. The Labute approximate surface area is 551 Å². The van der Waals surface area contributed by atoms with Crippen LogP contribution in [-0.4, -0.2) is 116 Å². The number of carbonyl (C=O) groups excluding carboxylic acids is 6. The fourth-order valence-corrected chi connectivity index (χ4v) is 9.55. The van der Waals surface area contributed by atoms with Crippen molar-refractivity contribution in [1.82, 2.24) is 9.80 Å². The lowest BCUT2D eigenvalue weighted by Gasteiger charge is -2.32. The summed E-state index contributed by atoms with van der Waals surface area (Å²) in [6.45, 7) is 19.9. The van der Waals surface area contributed by atoms with Crippen LogP contribution in [0.25, 0.3) is 5.57 Å². The summed E-state index contributed by atoms with van der Waals surface area (Å²) in [5, 5.41) is 11.1. The summed E-state index contributed by atoms with van der Waals surface area (Å²) in [5.74, 6) is -0.951. The third-order valence-electron chi connectivity index (χ3n) is 14.6. The maximum atomic E-state index is 12.9. The van der Waals surface area contributed by atoms with Crippen molar-refractivity contribution in [1.29, 1.82) is 0 Å². The van der Waals surface area contributed by atoms with E-state index in [0.717, 1.165) is 33.8 Å². The van der Waals surface area contributed by atoms with Crippen LogP contribution in [0.15, 0.2) is 176 Å². The van der Waals surface area contributed by atoms with E-state index >= 15 is 0 Å². The molecule has 6 aromatic carbocycles. The average Bonchev–Trinajstić information content (AvgIpc) is 1.64. The zero-order chi connectivity index (χ0) is 69.4. The van der Waals surface area contributed by atoms with E-state index in [9.17, 15) is 50.4 Å². The summed E-state index contributed by atoms with van der Waals surface area (Å²) in [7, 11) is -6.17. The predicted octanol–water partition coefficient (Wildman–Crippen LogP) is 14.1. The van der Waals surface area contributed by atoms with Crippen molar-refractivity contribution >= 4 is 87.2 Å². The third kappa shape index (κ3) is 22.0. The molecule has 21 nitrogen and oxygen atoms in total. The maximum absolute atomic E-state index is 12.9. The smallest absolute Gasteiger partial charge is 0.445 e. The van der Waals surface area contributed by atoms with Gasteiger partial charge in [0.2, 0.25) is 0 Å². The number of para-hydroxylation sites is 4. The van der Waals surface area contributed by atoms with Gasteiger partial charge in [0.1, 0.15) is 30.2 Å². The minimum atomic E-state index is -5.68. The third-order valence-corrected chi connectivity index (χ3v) is 15.6. The lowest BCUT2D eigenvalue weighted by atomic mass is 9.79. The van der Waals surface area contributed by atoms with Gasteiger partial charge in [-0.15, -0.1) is 0 Å². The summed E-state index contributed by atoms with van der Waals surface area (Å²) in [5.41, 5.74) is -0.149. The van der Waals surface area contributed by atoms with Crippen LogP contribution < -0.4 is 26.7 Å². The van der Waals surface area contributed by atoms with Gasteiger partial charge in [-0.2, -0.15) is 21.6 Å². The molecule has 0 aromatic heterocycles. The maximum Gasteiger partial charge on any atom is 0.534 e. The van der Waals surface area contributed by atoms with Crippen molar-refractivity contribution in [3.05, 3.63) is 203 Å². The molecule has 0 spiro atoms. The van der Waals surface area contributed by atoms with Crippen LogP contribution in [0, 0.1) is 0 Å². The molecule has 1 saturated heterocycles. The molecule has 95 heavy (non-hydrogen) atoms. The lowest BCUT2D eigenvalue weighted by molar-refractivity contribution is -0.0525. The molecule has 0 radical (unpaired) electrons. The molecule has 3 heterocycles. The molecule has 3 aliphatic heterocycles. The number of benzene rings is 6. The van der Waals surface area contributed by atoms with Gasteiger partial charge in [-0.1, -0.05) is 115 Å². The fraction of sp³-hybridized carbons (Fsp3) is 0.333. The number of hydrogen-bond donors (Lipinski definition) is 4. The van der Waals surface area contributed by atoms with E-state index < -0.39 is 63.4 Å². The van der Waals surface area contributed by atoms with E-state index in [1.807, 2.05) is 94.4 Å². The highest BCUT2D eigenvalue weighted by Gasteiger charge is 2.52. The number of nitrogens with zero attached hydrogens (tertiary/aromatic N) is 2. The largest absolute Gasteiger partial charge is 0.534 e. The molecule has 1 fully saturated rings. The first kappa shape index (κ1) is 72.8. The van der Waals surface area contributed by atoms with Crippen LogP contribution in [0.4, 0.5) is 55.1 Å². The van der Waals surface area contributed by atoms with E-state index in [-0.39, 0.29) is 56.4 Å². The SMILES string of the molecule is CC(C)(C)OC(=O)Nc1ccccc1NC(=O)c1ccc(B2OC(C)(C)C(C)(C)O2)cc1.CC(C)(C)OC(=O)Nc1ccccc1NC(=O)c1ccc(C2=CCN(C(=O)OCc3ccccc3)CC2)cc1.O=C(OCc1ccccc1)N1CC=C(OS(=O)(=O)C(F)(F)F)CC1. The van der Waals surface area contributed by atoms with Crippen molar-refractivity contribution in [3.8, 4) is 0 Å². The standard InChI is InChI=1S/C31H33N3O5.C24H31BN2O5.C14H14F3NO5S/c1-31(2,3)39-29(36)33-27-12-8-7-11-26(27)32-28(35)25-15-13-23(14-16-25)24-17-19-34(20-18-24)30(37)38-21-22-9-5-4-6-10-22;1-22(2,3)30-21(29)27-19-11-9-8-10-18(19)26-20(28)16-12-14-17(15-13-16)25-31-23(4,5)24(6,7)32-25;15-14(16,17)24(20,21)23-12-6-8-18(9-7-12)13(19)22-10-11-4-2-1-3-5-11/h4-17H,18-21H2,1-3H3,(H,32,35)(H,33,36);8-15H,1-7H3,(H,26,28)(H,27,29);1-6H,7-10H2. The Balaban J connectivity index is 0.000000207. The first-order chi connectivity index (χ1) is 44.6. The highest BCUT2D eigenvalue weighted by Crippen LogP contribution is 2.37. The fourth-order valence-electron chi connectivity index (χ4n) is 9.02. The molecule has 26 heteroatoms. The Hall–Kier alpha value is -9.66. The Morgan fingerprint density at radius 2 is 0.895 bits per heavy atom. The normalized spacial score (nSPS) is 15.1. The van der Waals surface area contributed by atoms with Gasteiger partial charge in [-0.25, -0.2) is 19.2 Å². The zero-order valence-electron chi connectivity index (χ0n) is 54.5. The number of halogens is 3. The topological polar surface area (TPSA) is 256 Å². The van der Waals surface area contributed by atoms with E-state index in [4.69, 9.17) is 28.3 Å². The minimum absolute atomic E-state index is 0.00711. The monoisotopic (exact) mass is 1330 g/mol. The summed E-state index contributed by atoms with van der Waals surface area (Å²) >= 11 is 0. The van der Waals surface area contributed by atoms with E-state index in [0.29, 0.717) is 53.4 Å². The van der Waals surface area contributed by atoms with Gasteiger partial charge in [-0.3, -0.25) is 20.2 Å². The van der Waals surface area contributed by atoms with Crippen LogP contribution >= 0.6 is 0 Å². The van der Waals surface area contributed by atoms with Crippen LogP contribution in [0.5, 0.6) is 0 Å². The quantitative estimate of drug-likeness (QED) is 0.0342. The van der Waals surface area contributed by atoms with E-state index in [1.165, 1.54) is 4.90 Å². The molecule has 0 saturated carbocycles. The van der Waals surface area contributed by atoms with Gasteiger partial charge >= 0.3 is 47.1 Å². The zero-order valence-corrected chi connectivity index (χ0v) is 55.3. The number of alkyl halides is 3. The van der Waals surface area contributed by atoms with Crippen LogP contribution in [-0.2, 0) is 55.8 Å². The average molecular weight is 1330 g/mol. The highest BCUT2D eigenvalue weighted by molar-refractivity contribution is 7.87. The summed E-state index contributed by atoms with van der Waals surface area (Å²) in [6.07, 6.45) is 1.49. The number of hydrogen-bond acceptors (Lipinski definition) is 15. The van der Waals surface area contributed by atoms with Crippen molar-refractivity contribution in [2.75, 3.05) is 47.4 Å². The molecule has 3 aliphatic rings. The second-order valence-corrected chi connectivity index (χ2v) is 26.4. The van der Waals surface area contributed by atoms with Gasteiger partial charge in [0.25, 0.3) is 11.8 Å². The first-order valence-corrected chi connectivity index (χ1v) is 31.7. The van der Waals surface area contributed by atoms with Crippen molar-refractivity contribution in [2.24, 2.45) is 0 Å². The van der Waals surface area contributed by atoms with Gasteiger partial charge < -0.3 is 52.9 Å². The number of rotatable bonds is 14. The van der Waals surface area contributed by atoms with Crippen molar-refractivity contribution in [2.45, 2.75) is 123 Å². The Morgan fingerprint density at radius 1 is 0.516 bits per heavy atom. The van der Waals surface area contributed by atoms with Crippen molar-refractivity contribution in [3.63, 3.8) is 0 Å². The van der Waals surface area contributed by atoms with E-state index in [1.54, 1.807) is 144 Å². The Bertz CT molecular complexity index is 3830. The number of amides is 6. The summed E-state index contributed by atoms with van der Waals surface area (Å²) in [4.78, 5) is 77.2. The van der Waals surface area contributed by atoms with Crippen LogP contribution in [0.1, 0.15) is 119 Å². The second-order valence-electron chi connectivity index (χ2n) is 24.9. The lowest BCUT2D eigenvalue weighted by Crippen LogP contribution is -2.41. The van der Waals surface area contributed by atoms with Crippen molar-refractivity contribution < 1.29 is 82.8 Å². The molecule has 0 aliphatic carbocycles. The molecular weight excluding hydrogens is 1250 g/mol. The van der Waals surface area contributed by atoms with Gasteiger partial charge in [0, 0.05) is 43.7 Å². The molecule has 6 aromatic rings. The molecule has 6 amide bonds. The second kappa shape index (κ2) is 31.5. The molecule has 0 bridgehead atoms. The number of ether oxygens (including phenoxy) is 4. The minimum Gasteiger partial charge on any atom is -0.445 e. The Morgan fingerprint density at radius 3 is 1.26 bits per heavy atom. The van der Waals surface area contributed by atoms with Crippen LogP contribution in [0.2, 0.25) is 0 Å². The molecule has 0 atom stereocenters. The van der Waals surface area contributed by atoms with Gasteiger partial charge in [0.15, 0.2) is 0 Å². The molecule has 4 N–H and O–H groups in total. The number of nitrogens with one attached hydrogen (secondary N) is 4. The highest BCUT2D eigenvalue weighted by atomic mass is 32.2. The molecule has 9 rings (SSSR count). The molecular formula is C69H78BF3N6O15S. The Kier molecular flexibility index (Phi) is 24.1. The van der Waals surface area contributed by atoms with Crippen LogP contribution in [0.3, 0.4) is 0 Å². The molecule has 0 unspecified atom stereocenters. The summed E-state index contributed by atoms with van der Waals surface area (Å²) < 4.78 is 95.8. The summed E-state index contributed by atoms with van der Waals surface area (Å²) in [6, 6.07) is 46.8. The number of anilines is 4. The van der Waals surface area contributed by atoms with Gasteiger partial charge in [-0.05, 0) is 158 Å². The number of carbonyl (C=O) groups is 6. The first-order valence-electron chi connectivity index (χ1n) is 30.3. The van der Waals surface area contributed by atoms with E-state index in [2.05, 4.69) is 25.5 Å². The van der Waals surface area contributed by atoms with Gasteiger partial charge in [0.05, 0.1) is 34.0 Å².